The first-order valence-electron chi connectivity index (χ1n) is 13.0. The van der Waals surface area contributed by atoms with Crippen LogP contribution in [0.1, 0.15) is 39.7 Å². The van der Waals surface area contributed by atoms with Crippen LogP contribution in [0.4, 0.5) is 11.4 Å². The lowest BCUT2D eigenvalue weighted by Crippen LogP contribution is -2.55. The molecule has 0 aliphatic heterocycles. The Morgan fingerprint density at radius 3 is 2.12 bits per heavy atom. The highest BCUT2D eigenvalue weighted by molar-refractivity contribution is 7.92. The molecule has 0 saturated carbocycles. The van der Waals surface area contributed by atoms with Crippen molar-refractivity contribution in [2.75, 3.05) is 10.8 Å². The summed E-state index contributed by atoms with van der Waals surface area (Å²) in [6.07, 6.45) is 0.234. The summed E-state index contributed by atoms with van der Waals surface area (Å²) in [4.78, 5) is 39.3. The summed E-state index contributed by atoms with van der Waals surface area (Å²) in [7, 11) is -4.31. The molecule has 42 heavy (non-hydrogen) atoms. The van der Waals surface area contributed by atoms with E-state index in [1.807, 2.05) is 20.8 Å². The summed E-state index contributed by atoms with van der Waals surface area (Å²) < 4.78 is 28.5. The molecule has 10 nitrogen and oxygen atoms in total. The van der Waals surface area contributed by atoms with Crippen LogP contribution in [0.15, 0.2) is 77.7 Å². The van der Waals surface area contributed by atoms with E-state index in [9.17, 15) is 28.1 Å². The van der Waals surface area contributed by atoms with Crippen LogP contribution in [0, 0.1) is 10.1 Å². The monoisotopic (exact) mass is 634 g/mol. The second-order valence-corrected chi connectivity index (χ2v) is 13.2. The summed E-state index contributed by atoms with van der Waals surface area (Å²) in [5.41, 5.74) is -0.218. The highest BCUT2D eigenvalue weighted by atomic mass is 35.5. The van der Waals surface area contributed by atoms with E-state index >= 15 is 0 Å². The van der Waals surface area contributed by atoms with Gasteiger partial charge in [-0.15, -0.1) is 0 Å². The van der Waals surface area contributed by atoms with Crippen LogP contribution < -0.4 is 9.62 Å². The zero-order valence-corrected chi connectivity index (χ0v) is 25.9. The summed E-state index contributed by atoms with van der Waals surface area (Å²) in [6, 6.07) is 16.2. The largest absolute Gasteiger partial charge is 0.350 e. The number of carbonyl (C=O) groups is 2. The van der Waals surface area contributed by atoms with Crippen molar-refractivity contribution in [2.45, 2.75) is 57.1 Å². The van der Waals surface area contributed by atoms with E-state index in [0.717, 1.165) is 16.4 Å². The minimum atomic E-state index is -4.31. The molecule has 224 valence electrons. The van der Waals surface area contributed by atoms with Gasteiger partial charge in [0.15, 0.2) is 0 Å². The number of amides is 2. The van der Waals surface area contributed by atoms with E-state index in [4.69, 9.17) is 23.2 Å². The topological polar surface area (TPSA) is 130 Å². The maximum atomic E-state index is 14.1. The van der Waals surface area contributed by atoms with Gasteiger partial charge in [0.1, 0.15) is 12.6 Å². The number of benzene rings is 3. The number of sulfonamides is 1. The van der Waals surface area contributed by atoms with Gasteiger partial charge in [0.25, 0.3) is 15.7 Å². The van der Waals surface area contributed by atoms with E-state index in [-0.39, 0.29) is 34.3 Å². The fourth-order valence-electron chi connectivity index (χ4n) is 4.20. The average Bonchev–Trinajstić information content (AvgIpc) is 2.93. The molecule has 0 heterocycles. The lowest BCUT2D eigenvalue weighted by atomic mass is 10.1. The Morgan fingerprint density at radius 1 is 0.976 bits per heavy atom. The number of rotatable bonds is 11. The van der Waals surface area contributed by atoms with Crippen molar-refractivity contribution in [3.8, 4) is 0 Å². The first-order chi connectivity index (χ1) is 19.6. The number of anilines is 1. The molecule has 3 rings (SSSR count). The number of hydrogen-bond donors (Lipinski definition) is 1. The van der Waals surface area contributed by atoms with Crippen LogP contribution in [0.5, 0.6) is 0 Å². The van der Waals surface area contributed by atoms with Gasteiger partial charge in [0, 0.05) is 24.2 Å². The molecule has 3 aromatic carbocycles. The molecule has 0 bridgehead atoms. The van der Waals surface area contributed by atoms with E-state index in [0.29, 0.717) is 10.6 Å². The number of nitrogens with zero attached hydrogens (tertiary/aromatic N) is 3. The Bertz CT molecular complexity index is 1540. The highest BCUT2D eigenvalue weighted by Gasteiger charge is 2.34. The zero-order valence-electron chi connectivity index (χ0n) is 23.6. The maximum Gasteiger partial charge on any atom is 0.269 e. The third kappa shape index (κ3) is 8.21. The van der Waals surface area contributed by atoms with Crippen molar-refractivity contribution in [1.82, 2.24) is 10.2 Å². The molecule has 2 amide bonds. The number of nitro groups is 1. The number of halogens is 2. The van der Waals surface area contributed by atoms with Crippen molar-refractivity contribution in [3.63, 3.8) is 0 Å². The van der Waals surface area contributed by atoms with Gasteiger partial charge in [-0.25, -0.2) is 8.42 Å². The minimum Gasteiger partial charge on any atom is -0.350 e. The molecule has 0 radical (unpaired) electrons. The molecule has 0 fully saturated rings. The quantitative estimate of drug-likeness (QED) is 0.209. The second kappa shape index (κ2) is 13.5. The third-order valence-electron chi connectivity index (χ3n) is 6.18. The fourth-order valence-corrected chi connectivity index (χ4v) is 5.95. The van der Waals surface area contributed by atoms with Crippen molar-refractivity contribution >= 4 is 56.4 Å². The van der Waals surface area contributed by atoms with Crippen LogP contribution >= 0.6 is 23.2 Å². The number of carbonyl (C=O) groups excluding carboxylic acids is 2. The van der Waals surface area contributed by atoms with Gasteiger partial charge in [-0.2, -0.15) is 0 Å². The lowest BCUT2D eigenvalue weighted by molar-refractivity contribution is -0.384. The molecule has 1 N–H and O–H groups in total. The molecule has 3 aromatic rings. The normalized spacial score (nSPS) is 12.3. The number of nitrogens with one attached hydrogen (secondary N) is 1. The molecular weight excluding hydrogens is 603 g/mol. The summed E-state index contributed by atoms with van der Waals surface area (Å²) in [6.45, 7) is 6.43. The van der Waals surface area contributed by atoms with Crippen LogP contribution in [0.3, 0.4) is 0 Å². The molecule has 0 spiro atoms. The highest BCUT2D eigenvalue weighted by Crippen LogP contribution is 2.28. The SMILES string of the molecule is CC[C@@H](C(=O)NC(C)(C)C)N(Cc1ccc(Cl)c(Cl)c1)C(=O)CN(c1ccc([N+](=O)[O-])cc1)S(=O)(=O)c1ccccc1. The summed E-state index contributed by atoms with van der Waals surface area (Å²) in [5, 5.41) is 14.7. The van der Waals surface area contributed by atoms with Gasteiger partial charge < -0.3 is 10.2 Å². The van der Waals surface area contributed by atoms with Crippen molar-refractivity contribution < 1.29 is 22.9 Å². The number of nitro benzene ring substituents is 1. The van der Waals surface area contributed by atoms with Crippen LogP contribution in [0.25, 0.3) is 0 Å². The summed E-state index contributed by atoms with van der Waals surface area (Å²) >= 11 is 12.3. The second-order valence-electron chi connectivity index (χ2n) is 10.5. The van der Waals surface area contributed by atoms with Crippen molar-refractivity contribution in [1.29, 1.82) is 0 Å². The van der Waals surface area contributed by atoms with E-state index in [2.05, 4.69) is 5.32 Å². The Balaban J connectivity index is 2.09. The molecule has 0 aliphatic carbocycles. The van der Waals surface area contributed by atoms with Crippen LogP contribution in [0.2, 0.25) is 10.0 Å². The van der Waals surface area contributed by atoms with Gasteiger partial charge >= 0.3 is 0 Å². The van der Waals surface area contributed by atoms with Gasteiger partial charge in [0.05, 0.1) is 25.6 Å². The predicted octanol–water partition coefficient (Wildman–Crippen LogP) is 5.82. The Morgan fingerprint density at radius 2 is 1.60 bits per heavy atom. The standard InChI is InChI=1S/C29H32Cl2N4O6S/c1-5-26(28(37)32-29(2,3)4)33(18-20-11-16-24(30)25(31)17-20)27(36)19-34(21-12-14-22(15-13-21)35(38)39)42(40,41)23-9-7-6-8-10-23/h6-17,26H,5,18-19H2,1-4H3,(H,32,37)/t26-/m0/s1. The van der Waals surface area contributed by atoms with Gasteiger partial charge in [-0.05, 0) is 69.2 Å². The minimum absolute atomic E-state index is 0.0412. The first kappa shape index (κ1) is 32.8. The molecule has 0 unspecified atom stereocenters. The molecular formula is C29H32Cl2N4O6S. The average molecular weight is 636 g/mol. The molecule has 0 aromatic heterocycles. The van der Waals surface area contributed by atoms with Crippen LogP contribution in [-0.2, 0) is 26.2 Å². The lowest BCUT2D eigenvalue weighted by Gasteiger charge is -2.34. The maximum absolute atomic E-state index is 14.1. The molecule has 1 atom stereocenters. The summed E-state index contributed by atoms with van der Waals surface area (Å²) in [5.74, 6) is -1.08. The Hall–Kier alpha value is -3.67. The van der Waals surface area contributed by atoms with Gasteiger partial charge in [-0.1, -0.05) is 54.4 Å². The smallest absolute Gasteiger partial charge is 0.269 e. The van der Waals surface area contributed by atoms with E-state index < -0.39 is 44.9 Å². The Kier molecular flexibility index (Phi) is 10.6. The van der Waals surface area contributed by atoms with Gasteiger partial charge in [0.2, 0.25) is 11.8 Å². The van der Waals surface area contributed by atoms with E-state index in [1.165, 1.54) is 29.2 Å². The fraction of sp³-hybridized carbons (Fsp3) is 0.310. The third-order valence-corrected chi connectivity index (χ3v) is 8.71. The molecule has 0 aliphatic rings. The molecule has 13 heteroatoms. The zero-order chi connectivity index (χ0) is 31.2. The van der Waals surface area contributed by atoms with Crippen molar-refractivity contribution in [3.05, 3.63) is 98.5 Å². The Labute approximate surface area is 255 Å². The predicted molar refractivity (Wildman–Crippen MR) is 163 cm³/mol. The van der Waals surface area contributed by atoms with E-state index in [1.54, 1.807) is 43.3 Å². The van der Waals surface area contributed by atoms with Gasteiger partial charge in [-0.3, -0.25) is 24.0 Å². The first-order valence-corrected chi connectivity index (χ1v) is 15.2. The number of hydrogen-bond acceptors (Lipinski definition) is 6. The van der Waals surface area contributed by atoms with Crippen LogP contribution in [-0.4, -0.2) is 48.2 Å². The van der Waals surface area contributed by atoms with Crippen molar-refractivity contribution in [2.24, 2.45) is 0 Å². The molecule has 0 saturated heterocycles. The number of non-ortho nitro benzene ring substituents is 1.